The number of methoxy groups -OCH3 is 1. The van der Waals surface area contributed by atoms with E-state index in [2.05, 4.69) is 5.32 Å². The third-order valence-electron chi connectivity index (χ3n) is 3.86. The number of carbonyl (C=O) groups is 1. The van der Waals surface area contributed by atoms with Gasteiger partial charge >= 0.3 is 0 Å². The normalized spacial score (nSPS) is 30.0. The third kappa shape index (κ3) is 4.33. The van der Waals surface area contributed by atoms with Gasteiger partial charge in [-0.2, -0.15) is 0 Å². The summed E-state index contributed by atoms with van der Waals surface area (Å²) >= 11 is 0. The van der Waals surface area contributed by atoms with Crippen molar-refractivity contribution >= 4 is 15.9 Å². The van der Waals surface area contributed by atoms with Crippen LogP contribution in [0.25, 0.3) is 0 Å². The molecule has 1 aromatic carbocycles. The zero-order valence-corrected chi connectivity index (χ0v) is 14.1. The van der Waals surface area contributed by atoms with Crippen molar-refractivity contribution in [3.05, 3.63) is 29.8 Å². The molecule has 0 radical (unpaired) electrons. The minimum Gasteiger partial charge on any atom is -0.394 e. The number of aliphatic hydroxyl groups excluding tert-OH is 3. The second-order valence-corrected chi connectivity index (χ2v) is 7.07. The molecule has 11 heteroatoms. The first-order chi connectivity index (χ1) is 11.7. The highest BCUT2D eigenvalue weighted by atomic mass is 32.2. The van der Waals surface area contributed by atoms with E-state index in [9.17, 15) is 23.4 Å². The predicted molar refractivity (Wildman–Crippen MR) is 83.8 cm³/mol. The highest BCUT2D eigenvalue weighted by Crippen LogP contribution is 2.22. The Labute approximate surface area is 144 Å². The summed E-state index contributed by atoms with van der Waals surface area (Å²) in [6, 6.07) is 3.73. The number of ether oxygens (including phenoxy) is 2. The Hall–Kier alpha value is -1.60. The van der Waals surface area contributed by atoms with Gasteiger partial charge in [0.1, 0.15) is 24.4 Å². The third-order valence-corrected chi connectivity index (χ3v) is 4.79. The lowest BCUT2D eigenvalue weighted by atomic mass is 9.96. The first kappa shape index (κ1) is 19.7. The molecule has 0 saturated carbocycles. The minimum absolute atomic E-state index is 0.105. The van der Waals surface area contributed by atoms with Gasteiger partial charge in [-0.05, 0) is 24.3 Å². The standard InChI is InChI=1S/C14H20N2O8S/c1-23-14-10(12(19)11(18)9(6-17)24-14)16-13(20)7-2-4-8(5-3-7)25(15,21)22/h2-5,9-12,14,17-19H,6H2,1H3,(H,16,20)(H2,15,21,22)/t9-,10-,11-,12-,14-/m1/s1. The van der Waals surface area contributed by atoms with Crippen molar-refractivity contribution in [3.8, 4) is 0 Å². The van der Waals surface area contributed by atoms with E-state index in [1.54, 1.807) is 0 Å². The molecule has 0 aromatic heterocycles. The number of amides is 1. The largest absolute Gasteiger partial charge is 0.394 e. The Kier molecular flexibility index (Phi) is 6.11. The van der Waals surface area contributed by atoms with Crippen LogP contribution in [0.1, 0.15) is 10.4 Å². The van der Waals surface area contributed by atoms with Crippen LogP contribution in [-0.2, 0) is 19.5 Å². The molecule has 1 aliphatic rings. The molecule has 1 heterocycles. The average molecular weight is 376 g/mol. The summed E-state index contributed by atoms with van der Waals surface area (Å²) in [5.74, 6) is -0.648. The number of aliphatic hydroxyl groups is 3. The van der Waals surface area contributed by atoms with Gasteiger partial charge in [-0.1, -0.05) is 0 Å². The summed E-state index contributed by atoms with van der Waals surface area (Å²) in [5, 5.41) is 36.6. The SMILES string of the molecule is CO[C@@H]1O[C@H](CO)[C@@H](O)[C@H](O)[C@H]1NC(=O)c1ccc(S(N)(=O)=O)cc1. The van der Waals surface area contributed by atoms with Crippen LogP contribution >= 0.6 is 0 Å². The molecule has 0 spiro atoms. The van der Waals surface area contributed by atoms with Crippen molar-refractivity contribution in [3.63, 3.8) is 0 Å². The van der Waals surface area contributed by atoms with Gasteiger partial charge in [-0.3, -0.25) is 4.79 Å². The van der Waals surface area contributed by atoms with E-state index < -0.39 is 53.2 Å². The van der Waals surface area contributed by atoms with E-state index >= 15 is 0 Å². The molecule has 25 heavy (non-hydrogen) atoms. The van der Waals surface area contributed by atoms with Crippen molar-refractivity contribution in [1.29, 1.82) is 0 Å². The Balaban J connectivity index is 2.15. The molecule has 10 nitrogen and oxygen atoms in total. The summed E-state index contributed by atoms with van der Waals surface area (Å²) in [6.45, 7) is -0.534. The molecule has 0 aliphatic carbocycles. The van der Waals surface area contributed by atoms with E-state index in [0.717, 1.165) is 0 Å². The van der Waals surface area contributed by atoms with Crippen LogP contribution in [0, 0.1) is 0 Å². The van der Waals surface area contributed by atoms with E-state index in [0.29, 0.717) is 0 Å². The van der Waals surface area contributed by atoms with Gasteiger partial charge in [-0.15, -0.1) is 0 Å². The number of benzene rings is 1. The number of sulfonamides is 1. The summed E-state index contributed by atoms with van der Waals surface area (Å²) in [4.78, 5) is 12.1. The molecule has 140 valence electrons. The first-order valence-electron chi connectivity index (χ1n) is 7.28. The fraction of sp³-hybridized carbons (Fsp3) is 0.500. The Morgan fingerprint density at radius 2 is 1.88 bits per heavy atom. The van der Waals surface area contributed by atoms with Crippen LogP contribution in [0.2, 0.25) is 0 Å². The molecule has 0 bridgehead atoms. The van der Waals surface area contributed by atoms with Crippen molar-refractivity contribution < 1.29 is 38.0 Å². The van der Waals surface area contributed by atoms with E-state index in [1.165, 1.54) is 31.4 Å². The number of nitrogens with two attached hydrogens (primary N) is 1. The van der Waals surface area contributed by atoms with Crippen LogP contribution < -0.4 is 10.5 Å². The van der Waals surface area contributed by atoms with Gasteiger partial charge < -0.3 is 30.1 Å². The van der Waals surface area contributed by atoms with Crippen LogP contribution in [0.5, 0.6) is 0 Å². The van der Waals surface area contributed by atoms with Gasteiger partial charge in [0.2, 0.25) is 10.0 Å². The van der Waals surface area contributed by atoms with E-state index in [-0.39, 0.29) is 10.5 Å². The number of hydrogen-bond donors (Lipinski definition) is 5. The first-order valence-corrected chi connectivity index (χ1v) is 8.82. The molecule has 1 amide bonds. The number of rotatable bonds is 5. The number of primary sulfonamides is 1. The van der Waals surface area contributed by atoms with Crippen LogP contribution in [0.15, 0.2) is 29.2 Å². The summed E-state index contributed by atoms with van der Waals surface area (Å²) in [6.07, 6.45) is -5.01. The molecule has 1 aliphatic heterocycles. The minimum atomic E-state index is -3.88. The van der Waals surface area contributed by atoms with Crippen LogP contribution in [0.3, 0.4) is 0 Å². The second kappa shape index (κ2) is 7.74. The summed E-state index contributed by atoms with van der Waals surface area (Å²) in [7, 11) is -2.60. The zero-order valence-electron chi connectivity index (χ0n) is 13.3. The highest BCUT2D eigenvalue weighted by Gasteiger charge is 2.45. The molecule has 0 unspecified atom stereocenters. The smallest absolute Gasteiger partial charge is 0.251 e. The molecule has 2 rings (SSSR count). The maximum absolute atomic E-state index is 12.3. The summed E-state index contributed by atoms with van der Waals surface area (Å²) in [5.41, 5.74) is 0.105. The number of nitrogens with one attached hydrogen (secondary N) is 1. The van der Waals surface area contributed by atoms with E-state index in [1.807, 2.05) is 0 Å². The molecule has 6 N–H and O–H groups in total. The fourth-order valence-electron chi connectivity index (χ4n) is 2.47. The molecular formula is C14H20N2O8S. The molecular weight excluding hydrogens is 356 g/mol. The fourth-order valence-corrected chi connectivity index (χ4v) is 2.98. The Bertz CT molecular complexity index is 706. The maximum atomic E-state index is 12.3. The summed E-state index contributed by atoms with van der Waals surface area (Å²) < 4.78 is 32.8. The van der Waals surface area contributed by atoms with Gasteiger partial charge in [0.05, 0.1) is 11.5 Å². The van der Waals surface area contributed by atoms with Gasteiger partial charge in [0.25, 0.3) is 5.91 Å². The Morgan fingerprint density at radius 3 is 2.36 bits per heavy atom. The lowest BCUT2D eigenvalue weighted by Crippen LogP contribution is -2.64. The monoisotopic (exact) mass is 376 g/mol. The van der Waals surface area contributed by atoms with Crippen molar-refractivity contribution in [2.24, 2.45) is 5.14 Å². The van der Waals surface area contributed by atoms with Crippen molar-refractivity contribution in [2.75, 3.05) is 13.7 Å². The Morgan fingerprint density at radius 1 is 1.28 bits per heavy atom. The molecule has 1 aromatic rings. The molecule has 1 saturated heterocycles. The average Bonchev–Trinajstić information content (AvgIpc) is 2.58. The zero-order chi connectivity index (χ0) is 18.8. The van der Waals surface area contributed by atoms with E-state index in [4.69, 9.17) is 19.7 Å². The molecule has 5 atom stereocenters. The van der Waals surface area contributed by atoms with Crippen molar-refractivity contribution in [1.82, 2.24) is 5.32 Å². The topological polar surface area (TPSA) is 168 Å². The lowest BCUT2D eigenvalue weighted by molar-refractivity contribution is -0.261. The van der Waals surface area contributed by atoms with Crippen LogP contribution in [-0.4, -0.2) is 74.0 Å². The van der Waals surface area contributed by atoms with Crippen molar-refractivity contribution in [2.45, 2.75) is 35.5 Å². The van der Waals surface area contributed by atoms with Gasteiger partial charge in [0, 0.05) is 12.7 Å². The predicted octanol–water partition coefficient (Wildman–Crippen LogP) is -2.48. The van der Waals surface area contributed by atoms with Crippen LogP contribution in [0.4, 0.5) is 0 Å². The maximum Gasteiger partial charge on any atom is 0.251 e. The van der Waals surface area contributed by atoms with Gasteiger partial charge in [0.15, 0.2) is 6.29 Å². The highest BCUT2D eigenvalue weighted by molar-refractivity contribution is 7.89. The molecule has 1 fully saturated rings. The second-order valence-electron chi connectivity index (χ2n) is 5.51. The number of carbonyl (C=O) groups excluding carboxylic acids is 1. The number of hydrogen-bond acceptors (Lipinski definition) is 8. The van der Waals surface area contributed by atoms with Gasteiger partial charge in [-0.25, -0.2) is 13.6 Å². The lowest BCUT2D eigenvalue weighted by Gasteiger charge is -2.41. The quantitative estimate of drug-likeness (QED) is 0.376.